The molecule has 1 N–H and O–H groups in total. The van der Waals surface area contributed by atoms with Crippen LogP contribution in [0.3, 0.4) is 0 Å². The molecule has 2 aromatic carbocycles. The zero-order valence-corrected chi connectivity index (χ0v) is 28.1. The van der Waals surface area contributed by atoms with E-state index in [9.17, 15) is 14.7 Å². The minimum atomic E-state index is -1.28. The van der Waals surface area contributed by atoms with Crippen LogP contribution in [0.1, 0.15) is 46.1 Å². The summed E-state index contributed by atoms with van der Waals surface area (Å²) in [6.45, 7) is 17.4. The van der Waals surface area contributed by atoms with Crippen LogP contribution in [-0.2, 0) is 30.3 Å². The van der Waals surface area contributed by atoms with Gasteiger partial charge in [0.1, 0.15) is 17.6 Å². The first-order chi connectivity index (χ1) is 22.6. The summed E-state index contributed by atoms with van der Waals surface area (Å²) in [5.74, 6) is -3.18. The average Bonchev–Trinajstić information content (AvgIpc) is 3.60. The molecule has 2 bridgehead atoms. The summed E-state index contributed by atoms with van der Waals surface area (Å²) in [4.78, 5) is 49.1. The predicted octanol–water partition coefficient (Wildman–Crippen LogP) is 4.79. The quantitative estimate of drug-likeness (QED) is 0.169. The molecule has 3 fully saturated rings. The van der Waals surface area contributed by atoms with Crippen molar-refractivity contribution in [2.45, 2.75) is 70.2 Å². The Morgan fingerprint density at radius 3 is 2.34 bits per heavy atom. The highest BCUT2D eigenvalue weighted by molar-refractivity contribution is 6.05. The van der Waals surface area contributed by atoms with Gasteiger partial charge in [0, 0.05) is 31.0 Å². The Kier molecular flexibility index (Phi) is 10.3. The van der Waals surface area contributed by atoms with Crippen LogP contribution in [0.15, 0.2) is 79.9 Å². The molecule has 2 amide bonds. The molecule has 1 spiro atoms. The first-order valence-corrected chi connectivity index (χ1v) is 16.8. The molecule has 3 saturated heterocycles. The Labute approximate surface area is 278 Å². The van der Waals surface area contributed by atoms with Crippen LogP contribution in [0.5, 0.6) is 0 Å². The number of esters is 1. The molecule has 3 unspecified atom stereocenters. The normalized spacial score (nSPS) is 28.1. The molecule has 5 rings (SSSR count). The van der Waals surface area contributed by atoms with Gasteiger partial charge in [0.25, 0.3) is 5.91 Å². The topological polar surface area (TPSA) is 99.6 Å². The fraction of sp³-hybridized carbons (Fsp3) is 0.500. The number of fused-ring (bicyclic) bond motifs is 1. The second kappa shape index (κ2) is 14.0. The minimum absolute atomic E-state index is 0.137. The van der Waals surface area contributed by atoms with E-state index in [2.05, 4.69) is 31.9 Å². The van der Waals surface area contributed by atoms with E-state index < -0.39 is 41.1 Å². The number of amides is 2. The molecule has 9 nitrogen and oxygen atoms in total. The lowest BCUT2D eigenvalue weighted by atomic mass is 9.62. The molecule has 0 aliphatic carbocycles. The SMILES string of the molecule is C=CCCOC(=O)[C@@H]1[C@H]2C(=O)N([C@@H](CO)Cc3ccccc3)C(C(=O)N(CC=C)c3ccc(N(CC)CC)cc3)C23CC(C)[C@@]1(C)O3. The molecule has 0 saturated carbocycles. The number of nitrogens with zero attached hydrogens (tertiary/aromatic N) is 3. The summed E-state index contributed by atoms with van der Waals surface area (Å²) in [6, 6.07) is 15.6. The summed E-state index contributed by atoms with van der Waals surface area (Å²) in [5.41, 5.74) is 0.338. The number of aliphatic hydroxyl groups excluding tert-OH is 1. The van der Waals surface area contributed by atoms with Gasteiger partial charge in [-0.05, 0) is 75.8 Å². The predicted molar refractivity (Wildman–Crippen MR) is 183 cm³/mol. The molecular weight excluding hydrogens is 594 g/mol. The molecule has 3 aliphatic heterocycles. The lowest BCUT2D eigenvalue weighted by Crippen LogP contribution is -2.59. The first kappa shape index (κ1) is 34.4. The molecule has 0 aromatic heterocycles. The first-order valence-electron chi connectivity index (χ1n) is 16.8. The van der Waals surface area contributed by atoms with Gasteiger partial charge in [0.05, 0.1) is 30.8 Å². The third-order valence-electron chi connectivity index (χ3n) is 10.6. The Bertz CT molecular complexity index is 1460. The van der Waals surface area contributed by atoms with Gasteiger partial charge >= 0.3 is 5.97 Å². The van der Waals surface area contributed by atoms with E-state index >= 15 is 4.79 Å². The molecular formula is C38H49N3O6. The third-order valence-corrected chi connectivity index (χ3v) is 10.6. The molecule has 7 atom stereocenters. The lowest BCUT2D eigenvalue weighted by Gasteiger charge is -2.39. The highest BCUT2D eigenvalue weighted by atomic mass is 16.6. The number of ether oxygens (including phenoxy) is 2. The Morgan fingerprint density at radius 1 is 1.09 bits per heavy atom. The number of benzene rings is 2. The second-order valence-electron chi connectivity index (χ2n) is 13.1. The standard InChI is InChI=1S/C38H49N3O6/c1-7-11-22-46-36(45)32-31-34(43)41(30(25-42)23-27-15-13-12-14-16-27)33(38(31)24-26(5)37(32,6)47-38)35(44)40(21-8-2)29-19-17-28(18-20-29)39(9-3)10-4/h7-8,12-20,26,30-33,42H,1-2,9-11,21-25H2,3-6H3/t26?,30-,31+,32+,33?,37-,38?/m1/s1. The van der Waals surface area contributed by atoms with Crippen molar-refractivity contribution in [2.24, 2.45) is 17.8 Å². The maximum Gasteiger partial charge on any atom is 0.312 e. The van der Waals surface area contributed by atoms with Crippen molar-refractivity contribution < 1.29 is 29.0 Å². The van der Waals surface area contributed by atoms with Gasteiger partial charge in [0.15, 0.2) is 0 Å². The maximum atomic E-state index is 15.1. The smallest absolute Gasteiger partial charge is 0.312 e. The van der Waals surface area contributed by atoms with Gasteiger partial charge in [-0.25, -0.2) is 0 Å². The van der Waals surface area contributed by atoms with Crippen molar-refractivity contribution in [3.8, 4) is 0 Å². The Balaban J connectivity index is 1.61. The van der Waals surface area contributed by atoms with Crippen LogP contribution in [0.25, 0.3) is 0 Å². The van der Waals surface area contributed by atoms with E-state index in [1.54, 1.807) is 17.1 Å². The number of likely N-dealkylation sites (tertiary alicyclic amines) is 1. The van der Waals surface area contributed by atoms with Gasteiger partial charge in [-0.3, -0.25) is 14.4 Å². The summed E-state index contributed by atoms with van der Waals surface area (Å²) in [5, 5.41) is 10.8. The van der Waals surface area contributed by atoms with E-state index in [0.29, 0.717) is 24.9 Å². The third kappa shape index (κ3) is 5.89. The zero-order chi connectivity index (χ0) is 33.9. The molecule has 2 aromatic rings. The summed E-state index contributed by atoms with van der Waals surface area (Å²) < 4.78 is 12.6. The highest BCUT2D eigenvalue weighted by Crippen LogP contribution is 2.65. The average molecular weight is 644 g/mol. The van der Waals surface area contributed by atoms with Crippen molar-refractivity contribution in [3.63, 3.8) is 0 Å². The van der Waals surface area contributed by atoms with Crippen molar-refractivity contribution in [3.05, 3.63) is 85.5 Å². The van der Waals surface area contributed by atoms with Gasteiger partial charge in [-0.15, -0.1) is 13.2 Å². The fourth-order valence-electron chi connectivity index (χ4n) is 8.21. The Hall–Kier alpha value is -3.95. The summed E-state index contributed by atoms with van der Waals surface area (Å²) in [6.07, 6.45) is 4.56. The number of hydrogen-bond donors (Lipinski definition) is 1. The summed E-state index contributed by atoms with van der Waals surface area (Å²) >= 11 is 0. The monoisotopic (exact) mass is 643 g/mol. The highest BCUT2D eigenvalue weighted by Gasteiger charge is 2.80. The number of rotatable bonds is 15. The van der Waals surface area contributed by atoms with Gasteiger partial charge in [-0.1, -0.05) is 49.4 Å². The van der Waals surface area contributed by atoms with Gasteiger partial charge in [0.2, 0.25) is 5.91 Å². The molecule has 3 heterocycles. The van der Waals surface area contributed by atoms with Crippen molar-refractivity contribution in [1.82, 2.24) is 4.90 Å². The number of carbonyl (C=O) groups excluding carboxylic acids is 3. The van der Waals surface area contributed by atoms with Crippen LogP contribution >= 0.6 is 0 Å². The van der Waals surface area contributed by atoms with E-state index in [-0.39, 0.29) is 37.5 Å². The number of aliphatic hydroxyl groups is 1. The lowest BCUT2D eigenvalue weighted by molar-refractivity contribution is -0.162. The van der Waals surface area contributed by atoms with E-state index in [0.717, 1.165) is 24.3 Å². The number of anilines is 2. The van der Waals surface area contributed by atoms with Crippen molar-refractivity contribution in [2.75, 3.05) is 42.6 Å². The van der Waals surface area contributed by atoms with Crippen LogP contribution in [0.2, 0.25) is 0 Å². The number of carbonyl (C=O) groups is 3. The van der Waals surface area contributed by atoms with Crippen LogP contribution in [-0.4, -0.2) is 83.9 Å². The number of hydrogen-bond acceptors (Lipinski definition) is 7. The minimum Gasteiger partial charge on any atom is -0.465 e. The second-order valence-corrected chi connectivity index (χ2v) is 13.1. The molecule has 3 aliphatic rings. The zero-order valence-electron chi connectivity index (χ0n) is 28.1. The van der Waals surface area contributed by atoms with Gasteiger partial charge in [-0.2, -0.15) is 0 Å². The van der Waals surface area contributed by atoms with Crippen LogP contribution < -0.4 is 9.80 Å². The van der Waals surface area contributed by atoms with E-state index in [1.807, 2.05) is 68.4 Å². The van der Waals surface area contributed by atoms with E-state index in [4.69, 9.17) is 9.47 Å². The molecule has 252 valence electrons. The maximum absolute atomic E-state index is 15.1. The molecule has 0 radical (unpaired) electrons. The molecule has 47 heavy (non-hydrogen) atoms. The Morgan fingerprint density at radius 2 is 1.74 bits per heavy atom. The largest absolute Gasteiger partial charge is 0.465 e. The van der Waals surface area contributed by atoms with Crippen molar-refractivity contribution in [1.29, 1.82) is 0 Å². The molecule has 9 heteroatoms. The van der Waals surface area contributed by atoms with Crippen LogP contribution in [0.4, 0.5) is 11.4 Å². The summed E-state index contributed by atoms with van der Waals surface area (Å²) in [7, 11) is 0. The fourth-order valence-corrected chi connectivity index (χ4v) is 8.21. The van der Waals surface area contributed by atoms with E-state index in [1.165, 1.54) is 4.90 Å². The van der Waals surface area contributed by atoms with Crippen LogP contribution in [0, 0.1) is 17.8 Å². The van der Waals surface area contributed by atoms with Crippen molar-refractivity contribution >= 4 is 29.2 Å². The van der Waals surface area contributed by atoms with Gasteiger partial charge < -0.3 is 29.3 Å².